The van der Waals surface area contributed by atoms with Gasteiger partial charge in [0.1, 0.15) is 0 Å². The number of aromatic nitrogens is 4. The number of halogens is 1. The average molecular weight is 315 g/mol. The van der Waals surface area contributed by atoms with Crippen LogP contribution in [0.2, 0.25) is 5.02 Å². The molecule has 112 valence electrons. The highest BCUT2D eigenvalue weighted by atomic mass is 35.5. The normalized spacial score (nSPS) is 17.5. The molecular formula is C16H15ClN4O. The van der Waals surface area contributed by atoms with Crippen molar-refractivity contribution >= 4 is 11.6 Å². The molecule has 0 saturated heterocycles. The fourth-order valence-electron chi connectivity index (χ4n) is 2.92. The Morgan fingerprint density at radius 1 is 1.32 bits per heavy atom. The summed E-state index contributed by atoms with van der Waals surface area (Å²) in [7, 11) is 0. The Bertz CT molecular complexity index is 823. The van der Waals surface area contributed by atoms with Gasteiger partial charge in [-0.05, 0) is 37.3 Å². The molecule has 0 aliphatic heterocycles. The second-order valence-corrected chi connectivity index (χ2v) is 6.19. The van der Waals surface area contributed by atoms with Crippen LogP contribution in [0.5, 0.6) is 0 Å². The molecule has 0 spiro atoms. The van der Waals surface area contributed by atoms with Crippen molar-refractivity contribution in [2.24, 2.45) is 5.92 Å². The number of hydrogen-bond donors (Lipinski definition) is 1. The molecule has 1 aromatic carbocycles. The van der Waals surface area contributed by atoms with Gasteiger partial charge in [-0.1, -0.05) is 35.8 Å². The lowest BCUT2D eigenvalue weighted by molar-refractivity contribution is 0.429. The minimum absolute atomic E-state index is 0.446. The van der Waals surface area contributed by atoms with Crippen LogP contribution in [0.3, 0.4) is 0 Å². The molecule has 22 heavy (non-hydrogen) atoms. The second-order valence-electron chi connectivity index (χ2n) is 5.78. The number of nitrogens with one attached hydrogen (secondary N) is 1. The van der Waals surface area contributed by atoms with Gasteiger partial charge in [-0.3, -0.25) is 5.10 Å². The predicted molar refractivity (Wildman–Crippen MR) is 83.5 cm³/mol. The first-order chi connectivity index (χ1) is 10.7. The molecule has 3 aromatic rings. The van der Waals surface area contributed by atoms with Crippen molar-refractivity contribution in [2.45, 2.75) is 26.2 Å². The first-order valence-corrected chi connectivity index (χ1v) is 7.75. The molecule has 1 N–H and O–H groups in total. The van der Waals surface area contributed by atoms with E-state index < -0.39 is 0 Å². The Balaban J connectivity index is 1.74. The van der Waals surface area contributed by atoms with Crippen molar-refractivity contribution in [3.8, 4) is 23.0 Å². The molecule has 4 rings (SSSR count). The summed E-state index contributed by atoms with van der Waals surface area (Å²) in [5.74, 6) is 1.58. The van der Waals surface area contributed by atoms with Gasteiger partial charge in [-0.2, -0.15) is 10.1 Å². The Morgan fingerprint density at radius 2 is 2.18 bits per heavy atom. The van der Waals surface area contributed by atoms with Gasteiger partial charge in [0, 0.05) is 16.8 Å². The van der Waals surface area contributed by atoms with Gasteiger partial charge in [-0.25, -0.2) is 0 Å². The lowest BCUT2D eigenvalue weighted by atomic mass is 9.88. The third-order valence-corrected chi connectivity index (χ3v) is 4.47. The third kappa shape index (κ3) is 2.22. The molecule has 0 unspecified atom stereocenters. The standard InChI is InChI=1S/C16H15ClN4O/c1-9-6-7-13-11(8-9)14(20-19-13)16-18-15(21-22-16)10-4-2-3-5-12(10)17/h2-5,9H,6-8H2,1H3,(H,19,20)/t9-/m1/s1. The van der Waals surface area contributed by atoms with Crippen molar-refractivity contribution in [2.75, 3.05) is 0 Å². The maximum atomic E-state index is 6.18. The van der Waals surface area contributed by atoms with Gasteiger partial charge < -0.3 is 4.52 Å². The Kier molecular flexibility index (Phi) is 3.22. The van der Waals surface area contributed by atoms with Crippen molar-refractivity contribution < 1.29 is 4.52 Å². The van der Waals surface area contributed by atoms with Crippen molar-refractivity contribution in [3.05, 3.63) is 40.5 Å². The quantitative estimate of drug-likeness (QED) is 0.779. The van der Waals surface area contributed by atoms with E-state index in [1.54, 1.807) is 0 Å². The molecule has 1 aliphatic carbocycles. The number of hydrogen-bond acceptors (Lipinski definition) is 4. The lowest BCUT2D eigenvalue weighted by Crippen LogP contribution is -2.10. The summed E-state index contributed by atoms with van der Waals surface area (Å²) in [6, 6.07) is 7.46. The second kappa shape index (κ2) is 5.25. The van der Waals surface area contributed by atoms with Crippen LogP contribution in [0, 0.1) is 5.92 Å². The third-order valence-electron chi connectivity index (χ3n) is 4.14. The molecule has 2 heterocycles. The Morgan fingerprint density at radius 3 is 3.05 bits per heavy atom. The molecule has 1 aliphatic rings. The molecule has 1 atom stereocenters. The van der Waals surface area contributed by atoms with Crippen molar-refractivity contribution in [1.82, 2.24) is 20.3 Å². The largest absolute Gasteiger partial charge is 0.332 e. The van der Waals surface area contributed by atoms with Crippen LogP contribution >= 0.6 is 11.6 Å². The van der Waals surface area contributed by atoms with Gasteiger partial charge in [0.05, 0.1) is 5.02 Å². The predicted octanol–water partition coefficient (Wildman–Crippen LogP) is 3.90. The summed E-state index contributed by atoms with van der Waals surface area (Å²) in [5, 5.41) is 12.1. The zero-order chi connectivity index (χ0) is 15.1. The number of nitrogens with zero attached hydrogens (tertiary/aromatic N) is 3. The average Bonchev–Trinajstić information content (AvgIpc) is 3.13. The first-order valence-electron chi connectivity index (χ1n) is 7.37. The highest BCUT2D eigenvalue weighted by Crippen LogP contribution is 2.32. The van der Waals surface area contributed by atoms with E-state index >= 15 is 0 Å². The van der Waals surface area contributed by atoms with Crippen LogP contribution in [-0.4, -0.2) is 20.3 Å². The van der Waals surface area contributed by atoms with E-state index in [0.717, 1.165) is 24.1 Å². The summed E-state index contributed by atoms with van der Waals surface area (Å²) in [5.41, 5.74) is 3.92. The monoisotopic (exact) mass is 314 g/mol. The molecule has 0 radical (unpaired) electrons. The number of fused-ring (bicyclic) bond motifs is 1. The van der Waals surface area contributed by atoms with E-state index in [0.29, 0.717) is 22.7 Å². The molecule has 0 saturated carbocycles. The molecule has 0 bridgehead atoms. The minimum atomic E-state index is 0.446. The van der Waals surface area contributed by atoms with E-state index in [9.17, 15) is 0 Å². The van der Waals surface area contributed by atoms with Crippen molar-refractivity contribution in [3.63, 3.8) is 0 Å². The van der Waals surface area contributed by atoms with Crippen LogP contribution < -0.4 is 0 Å². The molecule has 0 fully saturated rings. The fraction of sp³-hybridized carbons (Fsp3) is 0.312. The maximum absolute atomic E-state index is 6.18. The lowest BCUT2D eigenvalue weighted by Gasteiger charge is -2.17. The smallest absolute Gasteiger partial charge is 0.279 e. The van der Waals surface area contributed by atoms with Crippen LogP contribution in [-0.2, 0) is 12.8 Å². The SMILES string of the molecule is C[C@@H]1CCc2[nH]nc(-c3nc(-c4ccccc4Cl)no3)c2C1. The summed E-state index contributed by atoms with van der Waals surface area (Å²) >= 11 is 6.18. The number of aryl methyl sites for hydroxylation is 1. The van der Waals surface area contributed by atoms with Gasteiger partial charge in [-0.15, -0.1) is 0 Å². The molecule has 2 aromatic heterocycles. The van der Waals surface area contributed by atoms with Gasteiger partial charge >= 0.3 is 0 Å². The zero-order valence-electron chi connectivity index (χ0n) is 12.1. The van der Waals surface area contributed by atoms with Gasteiger partial charge in [0.25, 0.3) is 5.89 Å². The Hall–Kier alpha value is -2.14. The number of aromatic amines is 1. The van der Waals surface area contributed by atoms with Crippen LogP contribution in [0.15, 0.2) is 28.8 Å². The van der Waals surface area contributed by atoms with Gasteiger partial charge in [0.2, 0.25) is 5.82 Å². The van der Waals surface area contributed by atoms with Crippen LogP contribution in [0.1, 0.15) is 24.6 Å². The topological polar surface area (TPSA) is 67.6 Å². The van der Waals surface area contributed by atoms with Gasteiger partial charge in [0.15, 0.2) is 5.69 Å². The van der Waals surface area contributed by atoms with E-state index in [1.807, 2.05) is 24.3 Å². The van der Waals surface area contributed by atoms with E-state index in [2.05, 4.69) is 27.3 Å². The molecule has 0 amide bonds. The van der Waals surface area contributed by atoms with E-state index in [1.165, 1.54) is 17.7 Å². The summed E-state index contributed by atoms with van der Waals surface area (Å²) in [6.07, 6.45) is 3.20. The van der Waals surface area contributed by atoms with Crippen LogP contribution in [0.4, 0.5) is 0 Å². The van der Waals surface area contributed by atoms with Crippen molar-refractivity contribution in [1.29, 1.82) is 0 Å². The highest BCUT2D eigenvalue weighted by molar-refractivity contribution is 6.33. The number of rotatable bonds is 2. The Labute approximate surface area is 132 Å². The molecular weight excluding hydrogens is 300 g/mol. The number of benzene rings is 1. The van der Waals surface area contributed by atoms with Crippen LogP contribution in [0.25, 0.3) is 23.0 Å². The van der Waals surface area contributed by atoms with E-state index in [-0.39, 0.29) is 0 Å². The first kappa shape index (κ1) is 13.5. The number of H-pyrrole nitrogens is 1. The van der Waals surface area contributed by atoms with E-state index in [4.69, 9.17) is 16.1 Å². The minimum Gasteiger partial charge on any atom is -0.332 e. The summed E-state index contributed by atoms with van der Waals surface area (Å²) in [4.78, 5) is 4.47. The zero-order valence-corrected chi connectivity index (χ0v) is 12.9. The molecule has 6 heteroatoms. The summed E-state index contributed by atoms with van der Waals surface area (Å²) in [6.45, 7) is 2.25. The fourth-order valence-corrected chi connectivity index (χ4v) is 3.14. The highest BCUT2D eigenvalue weighted by Gasteiger charge is 2.25. The maximum Gasteiger partial charge on any atom is 0.279 e. The molecule has 5 nitrogen and oxygen atoms in total. The summed E-state index contributed by atoms with van der Waals surface area (Å²) < 4.78 is 5.42.